The van der Waals surface area contributed by atoms with E-state index in [4.69, 9.17) is 9.15 Å². The monoisotopic (exact) mass is 506 g/mol. The number of hydrogen-bond acceptors (Lipinski definition) is 6. The maximum atomic E-state index is 13.7. The number of fused-ring (bicyclic) bond motifs is 2. The number of pyridine rings is 1. The Bertz CT molecular complexity index is 1510. The summed E-state index contributed by atoms with van der Waals surface area (Å²) in [5.41, 5.74) is 2.66. The van der Waals surface area contributed by atoms with Gasteiger partial charge in [-0.05, 0) is 77.3 Å². The zero-order chi connectivity index (χ0) is 23.4. The second kappa shape index (κ2) is 7.74. The van der Waals surface area contributed by atoms with Crippen LogP contribution in [0.2, 0.25) is 0 Å². The molecule has 3 heterocycles. The molecule has 4 aromatic rings. The zero-order valence-corrected chi connectivity index (χ0v) is 19.6. The van der Waals surface area contributed by atoms with Crippen molar-refractivity contribution in [1.82, 2.24) is 4.98 Å². The molecule has 1 aliphatic heterocycles. The normalized spacial score (nSPS) is 15.2. The van der Waals surface area contributed by atoms with Gasteiger partial charge < -0.3 is 14.3 Å². The third kappa shape index (κ3) is 3.29. The Morgan fingerprint density at radius 1 is 1.09 bits per heavy atom. The summed E-state index contributed by atoms with van der Waals surface area (Å²) in [5.74, 6) is 0.0357. The van der Waals surface area contributed by atoms with Crippen molar-refractivity contribution < 1.29 is 19.1 Å². The van der Waals surface area contributed by atoms with Gasteiger partial charge >= 0.3 is 0 Å². The number of rotatable bonds is 3. The Morgan fingerprint density at radius 2 is 1.85 bits per heavy atom. The molecule has 1 aliphatic rings. The summed E-state index contributed by atoms with van der Waals surface area (Å²) >= 11 is 3.34. The Morgan fingerprint density at radius 3 is 2.58 bits per heavy atom. The number of amides is 1. The van der Waals surface area contributed by atoms with Crippen LogP contribution in [0.4, 0.5) is 5.82 Å². The lowest BCUT2D eigenvalue weighted by molar-refractivity contribution is 0.0970. The maximum absolute atomic E-state index is 13.7. The summed E-state index contributed by atoms with van der Waals surface area (Å²) < 4.78 is 11.7. The van der Waals surface area contributed by atoms with Gasteiger partial charge in [0, 0.05) is 6.20 Å². The molecule has 0 fully saturated rings. The average molecular weight is 507 g/mol. The van der Waals surface area contributed by atoms with Gasteiger partial charge in [0.05, 0.1) is 28.6 Å². The topological polar surface area (TPSA) is 92.9 Å². The van der Waals surface area contributed by atoms with E-state index < -0.39 is 11.9 Å². The van der Waals surface area contributed by atoms with Gasteiger partial charge in [0.2, 0.25) is 5.76 Å². The lowest BCUT2D eigenvalue weighted by Gasteiger charge is -2.25. The van der Waals surface area contributed by atoms with Crippen molar-refractivity contribution in [3.63, 3.8) is 0 Å². The van der Waals surface area contributed by atoms with Crippen molar-refractivity contribution in [1.29, 1.82) is 0 Å². The SMILES string of the molecule is COc1cc([C@@H]2c3c(oc4ccc(C)cc4c3=O)C(=O)N2c2cc(C)ccn2)cc(Br)c1O. The van der Waals surface area contributed by atoms with Crippen LogP contribution in [-0.2, 0) is 0 Å². The van der Waals surface area contributed by atoms with Gasteiger partial charge in [-0.3, -0.25) is 14.5 Å². The van der Waals surface area contributed by atoms with E-state index in [1.807, 2.05) is 26.0 Å². The number of carbonyl (C=O) groups is 1. The summed E-state index contributed by atoms with van der Waals surface area (Å²) in [7, 11) is 1.43. The molecular weight excluding hydrogens is 488 g/mol. The van der Waals surface area contributed by atoms with Gasteiger partial charge in [-0.25, -0.2) is 4.98 Å². The molecule has 0 saturated carbocycles. The van der Waals surface area contributed by atoms with E-state index >= 15 is 0 Å². The molecule has 0 spiro atoms. The van der Waals surface area contributed by atoms with Crippen LogP contribution in [0.3, 0.4) is 0 Å². The number of nitrogens with zero attached hydrogens (tertiary/aromatic N) is 2. The molecule has 33 heavy (non-hydrogen) atoms. The molecule has 8 heteroatoms. The van der Waals surface area contributed by atoms with Crippen molar-refractivity contribution in [3.8, 4) is 11.5 Å². The molecule has 2 aromatic heterocycles. The minimum atomic E-state index is -0.825. The molecule has 0 unspecified atom stereocenters. The minimum Gasteiger partial charge on any atom is -0.503 e. The van der Waals surface area contributed by atoms with Gasteiger partial charge in [-0.2, -0.15) is 0 Å². The van der Waals surface area contributed by atoms with Crippen LogP contribution >= 0.6 is 15.9 Å². The molecule has 0 radical (unpaired) electrons. The largest absolute Gasteiger partial charge is 0.503 e. The number of aryl methyl sites for hydroxylation is 2. The van der Waals surface area contributed by atoms with Crippen LogP contribution in [0.25, 0.3) is 11.0 Å². The van der Waals surface area contributed by atoms with E-state index in [2.05, 4.69) is 20.9 Å². The molecule has 1 atom stereocenters. The standard InChI is InChI=1S/C25H19BrN2O5/c1-12-4-5-17-15(8-12)22(29)20-21(14-10-16(26)23(30)18(11-14)32-3)28(25(31)24(20)33-17)19-9-13(2)6-7-27-19/h4-11,21,30H,1-3H3/t21-/m1/s1. The molecule has 1 amide bonds. The fraction of sp³-hybridized carbons (Fsp3) is 0.160. The molecular formula is C25H19BrN2O5. The number of aromatic hydroxyl groups is 1. The number of anilines is 1. The van der Waals surface area contributed by atoms with Crippen molar-refractivity contribution in [2.45, 2.75) is 19.9 Å². The van der Waals surface area contributed by atoms with Gasteiger partial charge in [0.1, 0.15) is 11.4 Å². The average Bonchev–Trinajstić information content (AvgIpc) is 3.08. The highest BCUT2D eigenvalue weighted by atomic mass is 79.9. The van der Waals surface area contributed by atoms with Crippen molar-refractivity contribution in [2.24, 2.45) is 0 Å². The third-order valence-electron chi connectivity index (χ3n) is 5.76. The number of halogens is 1. The summed E-state index contributed by atoms with van der Waals surface area (Å²) in [4.78, 5) is 33.2. The van der Waals surface area contributed by atoms with Crippen LogP contribution in [0, 0.1) is 13.8 Å². The number of phenolic OH excluding ortho intramolecular Hbond substituents is 1. The van der Waals surface area contributed by atoms with Crippen LogP contribution in [0.5, 0.6) is 11.5 Å². The maximum Gasteiger partial charge on any atom is 0.296 e. The second-order valence-electron chi connectivity index (χ2n) is 8.00. The Labute approximate surface area is 197 Å². The van der Waals surface area contributed by atoms with Crippen LogP contribution in [0.15, 0.2) is 62.3 Å². The van der Waals surface area contributed by atoms with Crippen molar-refractivity contribution in [2.75, 3.05) is 12.0 Å². The predicted molar refractivity (Wildman–Crippen MR) is 127 cm³/mol. The Balaban J connectivity index is 1.85. The molecule has 2 aromatic carbocycles. The number of methoxy groups -OCH3 is 1. The van der Waals surface area contributed by atoms with Crippen LogP contribution in [0.1, 0.15) is 38.9 Å². The smallest absolute Gasteiger partial charge is 0.296 e. The van der Waals surface area contributed by atoms with Crippen molar-refractivity contribution in [3.05, 3.63) is 91.4 Å². The highest BCUT2D eigenvalue weighted by Crippen LogP contribution is 2.44. The molecule has 7 nitrogen and oxygen atoms in total. The second-order valence-corrected chi connectivity index (χ2v) is 8.85. The number of ether oxygens (including phenoxy) is 1. The van der Waals surface area contributed by atoms with E-state index in [1.54, 1.807) is 36.5 Å². The lowest BCUT2D eigenvalue weighted by Crippen LogP contribution is -2.30. The van der Waals surface area contributed by atoms with Gasteiger partial charge in [-0.1, -0.05) is 11.6 Å². The van der Waals surface area contributed by atoms with Gasteiger partial charge in [0.15, 0.2) is 16.9 Å². The van der Waals surface area contributed by atoms with Gasteiger partial charge in [0.25, 0.3) is 5.91 Å². The first-order valence-electron chi connectivity index (χ1n) is 10.2. The zero-order valence-electron chi connectivity index (χ0n) is 18.0. The molecule has 166 valence electrons. The fourth-order valence-corrected chi connectivity index (χ4v) is 4.66. The van der Waals surface area contributed by atoms with E-state index in [1.165, 1.54) is 12.0 Å². The first kappa shape index (κ1) is 21.2. The van der Waals surface area contributed by atoms with Crippen LogP contribution < -0.4 is 15.1 Å². The molecule has 5 rings (SSSR count). The number of aromatic nitrogens is 1. The highest BCUT2D eigenvalue weighted by molar-refractivity contribution is 9.10. The number of phenols is 1. The summed E-state index contributed by atoms with van der Waals surface area (Å²) in [5, 5.41) is 10.7. The number of carbonyl (C=O) groups excluding carboxylic acids is 1. The quantitative estimate of drug-likeness (QED) is 0.418. The predicted octanol–water partition coefficient (Wildman–Crippen LogP) is 5.03. The molecule has 0 saturated heterocycles. The van der Waals surface area contributed by atoms with E-state index in [0.29, 0.717) is 26.8 Å². The summed E-state index contributed by atoms with van der Waals surface area (Å²) in [6, 6.07) is 11.3. The van der Waals surface area contributed by atoms with E-state index in [-0.39, 0.29) is 28.3 Å². The van der Waals surface area contributed by atoms with Gasteiger partial charge in [-0.15, -0.1) is 0 Å². The number of hydrogen-bond donors (Lipinski definition) is 1. The molecule has 0 bridgehead atoms. The summed E-state index contributed by atoms with van der Waals surface area (Å²) in [6.07, 6.45) is 1.61. The fourth-order valence-electron chi connectivity index (χ4n) is 4.20. The highest BCUT2D eigenvalue weighted by Gasteiger charge is 2.44. The van der Waals surface area contributed by atoms with E-state index in [9.17, 15) is 14.7 Å². The van der Waals surface area contributed by atoms with Crippen molar-refractivity contribution >= 4 is 38.6 Å². The number of benzene rings is 2. The molecule has 0 aliphatic carbocycles. The Kier molecular flexibility index (Phi) is 4.97. The third-order valence-corrected chi connectivity index (χ3v) is 6.36. The van der Waals surface area contributed by atoms with E-state index in [0.717, 1.165) is 11.1 Å². The first-order valence-corrected chi connectivity index (χ1v) is 11.0. The lowest BCUT2D eigenvalue weighted by atomic mass is 9.97. The summed E-state index contributed by atoms with van der Waals surface area (Å²) in [6.45, 7) is 3.79. The minimum absolute atomic E-state index is 0.0205. The first-order chi connectivity index (χ1) is 15.8. The Hall–Kier alpha value is -3.65. The molecule has 1 N–H and O–H groups in total. The van der Waals surface area contributed by atoms with Crippen LogP contribution in [-0.4, -0.2) is 23.1 Å².